The molecule has 2 aliphatic rings. The molecule has 0 spiro atoms. The summed E-state index contributed by atoms with van der Waals surface area (Å²) in [5.41, 5.74) is 7.77. The zero-order valence-corrected chi connectivity index (χ0v) is 14.9. The molecule has 1 saturated heterocycles. The second-order valence-corrected chi connectivity index (χ2v) is 7.39. The molecule has 0 unspecified atom stereocenters. The first kappa shape index (κ1) is 17.9. The lowest BCUT2D eigenvalue weighted by atomic mass is 10.00. The van der Waals surface area contributed by atoms with Gasteiger partial charge in [0.05, 0.1) is 0 Å². The van der Waals surface area contributed by atoms with Gasteiger partial charge in [0, 0.05) is 37.7 Å². The Morgan fingerprint density at radius 3 is 2.40 bits per heavy atom. The molecule has 3 rings (SSSR count). The first-order valence-electron chi connectivity index (χ1n) is 9.54. The van der Waals surface area contributed by atoms with Gasteiger partial charge in [0.2, 0.25) is 5.91 Å². The van der Waals surface area contributed by atoms with Gasteiger partial charge in [0.1, 0.15) is 0 Å². The van der Waals surface area contributed by atoms with Gasteiger partial charge in [-0.1, -0.05) is 18.6 Å². The second kappa shape index (κ2) is 8.48. The van der Waals surface area contributed by atoms with Crippen molar-refractivity contribution in [1.29, 1.82) is 0 Å². The maximum Gasteiger partial charge on any atom is 0.253 e. The third-order valence-electron chi connectivity index (χ3n) is 5.50. The van der Waals surface area contributed by atoms with E-state index in [0.717, 1.165) is 56.3 Å². The molecule has 1 saturated carbocycles. The highest BCUT2D eigenvalue weighted by molar-refractivity contribution is 5.94. The van der Waals surface area contributed by atoms with Crippen molar-refractivity contribution in [2.45, 2.75) is 57.5 Å². The molecule has 5 heteroatoms. The maximum absolute atomic E-state index is 12.4. The molecule has 0 bridgehead atoms. The van der Waals surface area contributed by atoms with Gasteiger partial charge in [-0.25, -0.2) is 0 Å². The number of benzene rings is 1. The number of nitrogens with one attached hydrogen (secondary N) is 1. The highest BCUT2D eigenvalue weighted by atomic mass is 16.2. The standard InChI is InChI=1S/C20H29N3O2/c21-18-6-4-5-17(18)13-19(24)22-14-15-7-9-16(10-8-15)20(25)23-11-2-1-3-12-23/h7-10,17-18H,1-6,11-14,21H2,(H,22,24)/t17-,18+/m0/s1. The summed E-state index contributed by atoms with van der Waals surface area (Å²) in [7, 11) is 0. The minimum atomic E-state index is 0.0656. The van der Waals surface area contributed by atoms with Crippen LogP contribution in [0.2, 0.25) is 0 Å². The van der Waals surface area contributed by atoms with Gasteiger partial charge in [-0.2, -0.15) is 0 Å². The number of likely N-dealkylation sites (tertiary alicyclic amines) is 1. The van der Waals surface area contributed by atoms with Gasteiger partial charge in [-0.3, -0.25) is 9.59 Å². The molecule has 1 aliphatic heterocycles. The molecule has 5 nitrogen and oxygen atoms in total. The Kier molecular flexibility index (Phi) is 6.08. The van der Waals surface area contributed by atoms with Gasteiger partial charge < -0.3 is 16.0 Å². The van der Waals surface area contributed by atoms with Gasteiger partial charge in [0.25, 0.3) is 5.91 Å². The smallest absolute Gasteiger partial charge is 0.253 e. The topological polar surface area (TPSA) is 75.4 Å². The number of rotatable bonds is 5. The predicted molar refractivity (Wildman–Crippen MR) is 98.0 cm³/mol. The van der Waals surface area contributed by atoms with Gasteiger partial charge in [0.15, 0.2) is 0 Å². The molecule has 0 aromatic heterocycles. The quantitative estimate of drug-likeness (QED) is 0.862. The number of piperidine rings is 1. The lowest BCUT2D eigenvalue weighted by molar-refractivity contribution is -0.122. The van der Waals surface area contributed by atoms with Crippen LogP contribution < -0.4 is 11.1 Å². The second-order valence-electron chi connectivity index (χ2n) is 7.39. The van der Waals surface area contributed by atoms with Crippen LogP contribution in [-0.2, 0) is 11.3 Å². The van der Waals surface area contributed by atoms with Crippen LogP contribution in [0.25, 0.3) is 0 Å². The lowest BCUT2D eigenvalue weighted by Crippen LogP contribution is -2.35. The van der Waals surface area contributed by atoms with E-state index in [-0.39, 0.29) is 17.9 Å². The van der Waals surface area contributed by atoms with E-state index in [4.69, 9.17) is 5.73 Å². The fourth-order valence-corrected chi connectivity index (χ4v) is 3.87. The minimum absolute atomic E-state index is 0.0656. The van der Waals surface area contributed by atoms with Crippen LogP contribution in [0.15, 0.2) is 24.3 Å². The van der Waals surface area contributed by atoms with Crippen molar-refractivity contribution in [3.63, 3.8) is 0 Å². The third-order valence-corrected chi connectivity index (χ3v) is 5.50. The van der Waals surface area contributed by atoms with E-state index in [9.17, 15) is 9.59 Å². The Morgan fingerprint density at radius 2 is 1.76 bits per heavy atom. The molecule has 2 fully saturated rings. The van der Waals surface area contributed by atoms with E-state index in [2.05, 4.69) is 5.32 Å². The summed E-state index contributed by atoms with van der Waals surface area (Å²) < 4.78 is 0. The number of hydrogen-bond acceptors (Lipinski definition) is 3. The fraction of sp³-hybridized carbons (Fsp3) is 0.600. The summed E-state index contributed by atoms with van der Waals surface area (Å²) >= 11 is 0. The number of amides is 2. The van der Waals surface area contributed by atoms with E-state index in [0.29, 0.717) is 18.9 Å². The van der Waals surface area contributed by atoms with Crippen LogP contribution in [0.5, 0.6) is 0 Å². The molecule has 1 aromatic rings. The van der Waals surface area contributed by atoms with E-state index >= 15 is 0 Å². The van der Waals surface area contributed by atoms with Crippen LogP contribution in [0, 0.1) is 5.92 Å². The average Bonchev–Trinajstić information content (AvgIpc) is 3.05. The van der Waals surface area contributed by atoms with Crippen molar-refractivity contribution in [3.05, 3.63) is 35.4 Å². The number of carbonyl (C=O) groups is 2. The van der Waals surface area contributed by atoms with Gasteiger partial charge in [-0.15, -0.1) is 0 Å². The maximum atomic E-state index is 12.4. The Bertz CT molecular complexity index is 593. The summed E-state index contributed by atoms with van der Waals surface area (Å²) in [6.07, 6.45) is 7.15. The molecule has 2 amide bonds. The van der Waals surface area contributed by atoms with E-state index in [1.54, 1.807) is 0 Å². The summed E-state index contributed by atoms with van der Waals surface area (Å²) in [6, 6.07) is 7.76. The summed E-state index contributed by atoms with van der Waals surface area (Å²) in [5.74, 6) is 0.505. The third kappa shape index (κ3) is 4.82. The Labute approximate surface area is 150 Å². The van der Waals surface area contributed by atoms with Gasteiger partial charge >= 0.3 is 0 Å². The number of nitrogens with zero attached hydrogens (tertiary/aromatic N) is 1. The van der Waals surface area contributed by atoms with E-state index < -0.39 is 0 Å². The number of hydrogen-bond donors (Lipinski definition) is 2. The zero-order valence-electron chi connectivity index (χ0n) is 14.9. The van der Waals surface area contributed by atoms with Crippen LogP contribution in [0.1, 0.15) is 60.9 Å². The Hall–Kier alpha value is -1.88. The molecule has 1 aromatic carbocycles. The average molecular weight is 343 g/mol. The molecule has 1 aliphatic carbocycles. The predicted octanol–water partition coefficient (Wildman–Crippen LogP) is 2.45. The van der Waals surface area contributed by atoms with Gasteiger partial charge in [-0.05, 0) is 55.7 Å². The van der Waals surface area contributed by atoms with Crippen LogP contribution >= 0.6 is 0 Å². The molecule has 0 radical (unpaired) electrons. The van der Waals surface area contributed by atoms with Crippen molar-refractivity contribution in [2.75, 3.05) is 13.1 Å². The Balaban J connectivity index is 1.47. The SMILES string of the molecule is N[C@@H]1CCC[C@H]1CC(=O)NCc1ccc(C(=O)N2CCCCC2)cc1. The van der Waals surface area contributed by atoms with Crippen molar-refractivity contribution in [2.24, 2.45) is 11.7 Å². The van der Waals surface area contributed by atoms with Crippen molar-refractivity contribution < 1.29 is 9.59 Å². The van der Waals surface area contributed by atoms with Crippen LogP contribution in [0.3, 0.4) is 0 Å². The molecule has 136 valence electrons. The largest absolute Gasteiger partial charge is 0.352 e. The number of carbonyl (C=O) groups excluding carboxylic acids is 2. The van der Waals surface area contributed by atoms with E-state index in [1.807, 2.05) is 29.2 Å². The molecule has 2 atom stereocenters. The molecule has 1 heterocycles. The van der Waals surface area contributed by atoms with Crippen LogP contribution in [0.4, 0.5) is 0 Å². The van der Waals surface area contributed by atoms with Crippen LogP contribution in [-0.4, -0.2) is 35.8 Å². The minimum Gasteiger partial charge on any atom is -0.352 e. The molecular formula is C20H29N3O2. The zero-order chi connectivity index (χ0) is 17.6. The first-order chi connectivity index (χ1) is 12.1. The Morgan fingerprint density at radius 1 is 1.04 bits per heavy atom. The van der Waals surface area contributed by atoms with Crippen molar-refractivity contribution in [1.82, 2.24) is 10.2 Å². The van der Waals surface area contributed by atoms with Crippen molar-refractivity contribution >= 4 is 11.8 Å². The highest BCUT2D eigenvalue weighted by Crippen LogP contribution is 2.26. The first-order valence-corrected chi connectivity index (χ1v) is 9.54. The highest BCUT2D eigenvalue weighted by Gasteiger charge is 2.25. The monoisotopic (exact) mass is 343 g/mol. The normalized spacial score (nSPS) is 23.5. The summed E-state index contributed by atoms with van der Waals surface area (Å²) in [6.45, 7) is 2.22. The summed E-state index contributed by atoms with van der Waals surface area (Å²) in [5, 5.41) is 2.97. The van der Waals surface area contributed by atoms with Crippen molar-refractivity contribution in [3.8, 4) is 0 Å². The molecule has 25 heavy (non-hydrogen) atoms. The summed E-state index contributed by atoms with van der Waals surface area (Å²) in [4.78, 5) is 26.5. The van der Waals surface area contributed by atoms with E-state index in [1.165, 1.54) is 6.42 Å². The number of nitrogens with two attached hydrogens (primary N) is 1. The molecule has 3 N–H and O–H groups in total. The lowest BCUT2D eigenvalue weighted by Gasteiger charge is -2.26. The fourth-order valence-electron chi connectivity index (χ4n) is 3.87. The molecular weight excluding hydrogens is 314 g/mol.